The second-order valence-electron chi connectivity index (χ2n) is 2.21. The number of nitrogens with zero attached hydrogens (tertiary/aromatic N) is 1. The fourth-order valence-electron chi connectivity index (χ4n) is 0.431. The number of hydrogen-bond acceptors (Lipinski definition) is 1. The van der Waals surface area contributed by atoms with Crippen LogP contribution in [0, 0.1) is 0 Å². The van der Waals surface area contributed by atoms with Crippen molar-refractivity contribution >= 4 is 5.71 Å². The minimum absolute atomic E-state index is 1.01. The van der Waals surface area contributed by atoms with Gasteiger partial charge in [0, 0.05) is 12.8 Å². The molecule has 1 nitrogen and oxygen atoms in total. The van der Waals surface area contributed by atoms with Crippen LogP contribution in [0.3, 0.4) is 0 Å². The Morgan fingerprint density at radius 1 is 1.50 bits per heavy atom. The number of aliphatic imine (C=N–C) groups is 1. The molecule has 56 valence electrons. The van der Waals surface area contributed by atoms with Gasteiger partial charge in [-0.05, 0) is 19.4 Å². The SMILES string of the molecule is C=C(/C=C\C(C)=NC)CC. The summed E-state index contributed by atoms with van der Waals surface area (Å²) in [4.78, 5) is 3.98. The van der Waals surface area contributed by atoms with Gasteiger partial charge in [0.1, 0.15) is 0 Å². The van der Waals surface area contributed by atoms with Crippen LogP contribution in [0.25, 0.3) is 0 Å². The van der Waals surface area contributed by atoms with Crippen LogP contribution in [0.1, 0.15) is 20.3 Å². The summed E-state index contributed by atoms with van der Waals surface area (Å²) in [6, 6.07) is 0. The van der Waals surface area contributed by atoms with E-state index in [0.29, 0.717) is 0 Å². The zero-order valence-corrected chi connectivity index (χ0v) is 7.02. The summed E-state index contributed by atoms with van der Waals surface area (Å²) in [6.45, 7) is 7.90. The maximum atomic E-state index is 3.98. The molecular formula is C9H15N. The van der Waals surface area contributed by atoms with Crippen molar-refractivity contribution in [3.63, 3.8) is 0 Å². The van der Waals surface area contributed by atoms with Crippen molar-refractivity contribution in [1.82, 2.24) is 0 Å². The Bertz CT molecular complexity index is 164. The first-order valence-corrected chi connectivity index (χ1v) is 3.50. The maximum Gasteiger partial charge on any atom is 0.0313 e. The Balaban J connectivity index is 3.88. The van der Waals surface area contributed by atoms with Crippen molar-refractivity contribution in [3.8, 4) is 0 Å². The highest BCUT2D eigenvalue weighted by Gasteiger charge is 1.81. The first kappa shape index (κ1) is 9.15. The lowest BCUT2D eigenvalue weighted by atomic mass is 10.2. The third-order valence-corrected chi connectivity index (χ3v) is 1.37. The molecule has 0 bridgehead atoms. The van der Waals surface area contributed by atoms with Gasteiger partial charge in [-0.3, -0.25) is 4.99 Å². The first-order chi connectivity index (χ1) is 4.70. The van der Waals surface area contributed by atoms with Gasteiger partial charge in [-0.25, -0.2) is 0 Å². The monoisotopic (exact) mass is 137 g/mol. The Morgan fingerprint density at radius 2 is 2.10 bits per heavy atom. The average molecular weight is 137 g/mol. The summed E-state index contributed by atoms with van der Waals surface area (Å²) in [5.41, 5.74) is 2.18. The molecule has 0 radical (unpaired) electrons. The predicted molar refractivity (Wildman–Crippen MR) is 47.6 cm³/mol. The number of hydrogen-bond donors (Lipinski definition) is 0. The molecule has 0 aromatic rings. The summed E-state index contributed by atoms with van der Waals surface area (Å²) in [6.07, 6.45) is 4.99. The average Bonchev–Trinajstić information content (AvgIpc) is 1.99. The van der Waals surface area contributed by atoms with Gasteiger partial charge in [0.2, 0.25) is 0 Å². The summed E-state index contributed by atoms with van der Waals surface area (Å²) >= 11 is 0. The van der Waals surface area contributed by atoms with Gasteiger partial charge in [-0.15, -0.1) is 0 Å². The van der Waals surface area contributed by atoms with E-state index in [1.54, 1.807) is 7.05 Å². The lowest BCUT2D eigenvalue weighted by Gasteiger charge is -1.90. The van der Waals surface area contributed by atoms with Crippen molar-refractivity contribution in [1.29, 1.82) is 0 Å². The van der Waals surface area contributed by atoms with Gasteiger partial charge in [-0.2, -0.15) is 0 Å². The van der Waals surface area contributed by atoms with Gasteiger partial charge in [0.25, 0.3) is 0 Å². The van der Waals surface area contributed by atoms with E-state index in [4.69, 9.17) is 0 Å². The predicted octanol–water partition coefficient (Wildman–Crippen LogP) is 2.60. The quantitative estimate of drug-likeness (QED) is 0.419. The highest BCUT2D eigenvalue weighted by molar-refractivity contribution is 5.92. The van der Waals surface area contributed by atoms with Crippen LogP contribution >= 0.6 is 0 Å². The smallest absolute Gasteiger partial charge is 0.0313 e. The van der Waals surface area contributed by atoms with Crippen molar-refractivity contribution in [2.24, 2.45) is 4.99 Å². The third-order valence-electron chi connectivity index (χ3n) is 1.37. The van der Waals surface area contributed by atoms with Crippen LogP contribution < -0.4 is 0 Å². The molecule has 0 aliphatic rings. The molecule has 10 heavy (non-hydrogen) atoms. The van der Waals surface area contributed by atoms with E-state index in [0.717, 1.165) is 17.7 Å². The molecular weight excluding hydrogens is 122 g/mol. The lowest BCUT2D eigenvalue weighted by Crippen LogP contribution is -1.82. The van der Waals surface area contributed by atoms with Crippen molar-refractivity contribution in [2.75, 3.05) is 7.05 Å². The van der Waals surface area contributed by atoms with Gasteiger partial charge in [0.15, 0.2) is 0 Å². The molecule has 0 fully saturated rings. The van der Waals surface area contributed by atoms with Gasteiger partial charge >= 0.3 is 0 Å². The largest absolute Gasteiger partial charge is 0.293 e. The Labute approximate surface area is 63.2 Å². The Hall–Kier alpha value is -0.850. The van der Waals surface area contributed by atoms with Crippen LogP contribution in [0.4, 0.5) is 0 Å². The van der Waals surface area contributed by atoms with Crippen LogP contribution in [0.2, 0.25) is 0 Å². The fraction of sp³-hybridized carbons (Fsp3) is 0.444. The zero-order valence-electron chi connectivity index (χ0n) is 7.02. The molecule has 0 N–H and O–H groups in total. The van der Waals surface area contributed by atoms with E-state index in [-0.39, 0.29) is 0 Å². The minimum atomic E-state index is 1.01. The van der Waals surface area contributed by atoms with Crippen molar-refractivity contribution in [3.05, 3.63) is 24.3 Å². The van der Waals surface area contributed by atoms with E-state index in [2.05, 4.69) is 18.5 Å². The number of allylic oxidation sites excluding steroid dienone is 3. The molecule has 0 aromatic heterocycles. The van der Waals surface area contributed by atoms with E-state index in [9.17, 15) is 0 Å². The van der Waals surface area contributed by atoms with Gasteiger partial charge in [0.05, 0.1) is 0 Å². The molecule has 0 saturated carbocycles. The fourth-order valence-corrected chi connectivity index (χ4v) is 0.431. The zero-order chi connectivity index (χ0) is 7.98. The standard InChI is InChI=1S/C9H15N/c1-5-8(2)6-7-9(3)10-4/h6-7H,2,5H2,1,3-4H3/b7-6-,10-9?. The third kappa shape index (κ3) is 4.07. The normalized spacial score (nSPS) is 12.5. The first-order valence-electron chi connectivity index (χ1n) is 3.50. The number of rotatable bonds is 3. The second kappa shape index (κ2) is 4.98. The summed E-state index contributed by atoms with van der Waals surface area (Å²) in [5, 5.41) is 0. The van der Waals surface area contributed by atoms with Gasteiger partial charge < -0.3 is 0 Å². The van der Waals surface area contributed by atoms with Crippen LogP contribution in [0.15, 0.2) is 29.3 Å². The molecule has 0 saturated heterocycles. The summed E-state index contributed by atoms with van der Waals surface area (Å²) in [7, 11) is 1.79. The Morgan fingerprint density at radius 3 is 2.50 bits per heavy atom. The topological polar surface area (TPSA) is 12.4 Å². The summed E-state index contributed by atoms with van der Waals surface area (Å²) in [5.74, 6) is 0. The molecule has 0 unspecified atom stereocenters. The minimum Gasteiger partial charge on any atom is -0.293 e. The van der Waals surface area contributed by atoms with Crippen LogP contribution in [-0.4, -0.2) is 12.8 Å². The second-order valence-corrected chi connectivity index (χ2v) is 2.21. The molecule has 0 rings (SSSR count). The van der Waals surface area contributed by atoms with Gasteiger partial charge in [-0.1, -0.05) is 25.2 Å². The Kier molecular flexibility index (Phi) is 4.55. The maximum absolute atomic E-state index is 3.98. The van der Waals surface area contributed by atoms with E-state index < -0.39 is 0 Å². The highest BCUT2D eigenvalue weighted by Crippen LogP contribution is 1.97. The molecule has 0 spiro atoms. The highest BCUT2D eigenvalue weighted by atomic mass is 14.7. The van der Waals surface area contributed by atoms with Crippen LogP contribution in [-0.2, 0) is 0 Å². The summed E-state index contributed by atoms with van der Waals surface area (Å²) < 4.78 is 0. The van der Waals surface area contributed by atoms with E-state index in [1.165, 1.54) is 0 Å². The molecule has 0 aliphatic heterocycles. The van der Waals surface area contributed by atoms with E-state index in [1.807, 2.05) is 19.1 Å². The van der Waals surface area contributed by atoms with Crippen molar-refractivity contribution in [2.45, 2.75) is 20.3 Å². The van der Waals surface area contributed by atoms with Crippen molar-refractivity contribution < 1.29 is 0 Å². The molecule has 0 atom stereocenters. The lowest BCUT2D eigenvalue weighted by molar-refractivity contribution is 1.16. The molecule has 0 heterocycles. The molecule has 1 heteroatoms. The van der Waals surface area contributed by atoms with Crippen LogP contribution in [0.5, 0.6) is 0 Å². The molecule has 0 aromatic carbocycles. The molecule has 0 aliphatic carbocycles. The van der Waals surface area contributed by atoms with E-state index >= 15 is 0 Å². The molecule has 0 amide bonds.